The summed E-state index contributed by atoms with van der Waals surface area (Å²) in [6.07, 6.45) is -4.70. The number of ether oxygens (including phenoxy) is 4. The summed E-state index contributed by atoms with van der Waals surface area (Å²) in [6, 6.07) is 26.7. The van der Waals surface area contributed by atoms with Gasteiger partial charge < -0.3 is 18.9 Å². The van der Waals surface area contributed by atoms with Crippen LogP contribution < -0.4 is 0 Å². The number of carbonyl (C=O) groups is 3. The van der Waals surface area contributed by atoms with E-state index in [2.05, 4.69) is 0 Å². The molecule has 0 bridgehead atoms. The Hall–Kier alpha value is -4.48. The van der Waals surface area contributed by atoms with E-state index in [1.54, 1.807) is 91.0 Å². The van der Waals surface area contributed by atoms with Crippen LogP contribution in [0.3, 0.4) is 0 Å². The lowest BCUT2D eigenvalue weighted by Crippen LogP contribution is -2.41. The van der Waals surface area contributed by atoms with Crippen molar-refractivity contribution in [1.82, 2.24) is 0 Å². The van der Waals surface area contributed by atoms with E-state index in [9.17, 15) is 19.6 Å². The molecule has 1 fully saturated rings. The van der Waals surface area contributed by atoms with Crippen molar-refractivity contribution < 1.29 is 33.3 Å². The molecule has 1 unspecified atom stereocenters. The van der Waals surface area contributed by atoms with E-state index >= 15 is 0 Å². The molecule has 0 amide bonds. The van der Waals surface area contributed by atoms with E-state index in [-0.39, 0.29) is 17.7 Å². The molecular formula is C27H21NO7. The van der Waals surface area contributed by atoms with Crippen molar-refractivity contribution in [2.24, 2.45) is 0 Å². The average Bonchev–Trinajstić information content (AvgIpc) is 3.24. The second-order valence-corrected chi connectivity index (χ2v) is 7.66. The van der Waals surface area contributed by atoms with E-state index in [0.717, 1.165) is 0 Å². The highest BCUT2D eigenvalue weighted by atomic mass is 16.6. The third-order valence-corrected chi connectivity index (χ3v) is 5.33. The van der Waals surface area contributed by atoms with Gasteiger partial charge in [-0.15, -0.1) is 0 Å². The topological polar surface area (TPSA) is 112 Å². The molecule has 176 valence electrons. The van der Waals surface area contributed by atoms with Crippen molar-refractivity contribution in [2.45, 2.75) is 24.4 Å². The fourth-order valence-electron chi connectivity index (χ4n) is 3.58. The van der Waals surface area contributed by atoms with Gasteiger partial charge in [-0.25, -0.2) is 14.4 Å². The van der Waals surface area contributed by atoms with Crippen LogP contribution >= 0.6 is 0 Å². The normalized spacial score (nSPS) is 20.9. The zero-order valence-corrected chi connectivity index (χ0v) is 18.5. The molecule has 8 nitrogen and oxygen atoms in total. The third kappa shape index (κ3) is 5.72. The Labute approximate surface area is 201 Å². The molecule has 0 aromatic heterocycles. The first-order valence-electron chi connectivity index (χ1n) is 10.9. The number of hydrogen-bond donors (Lipinski definition) is 0. The largest absolute Gasteiger partial charge is 0.459 e. The van der Waals surface area contributed by atoms with E-state index in [4.69, 9.17) is 18.9 Å². The van der Waals surface area contributed by atoms with Gasteiger partial charge in [0.05, 0.1) is 22.8 Å². The molecular weight excluding hydrogens is 450 g/mol. The predicted octanol–water partition coefficient (Wildman–Crippen LogP) is 3.59. The Bertz CT molecular complexity index is 1210. The number of rotatable bonds is 7. The molecule has 1 heterocycles. The van der Waals surface area contributed by atoms with Crippen LogP contribution in [0.4, 0.5) is 0 Å². The smallest absolute Gasteiger partial charge is 0.338 e. The first-order valence-corrected chi connectivity index (χ1v) is 10.9. The lowest BCUT2D eigenvalue weighted by atomic mass is 10.1. The van der Waals surface area contributed by atoms with Gasteiger partial charge in [0, 0.05) is 0 Å². The summed E-state index contributed by atoms with van der Waals surface area (Å²) >= 11 is 0. The Morgan fingerprint density at radius 3 is 1.57 bits per heavy atom. The van der Waals surface area contributed by atoms with Crippen molar-refractivity contribution in [3.05, 3.63) is 108 Å². The van der Waals surface area contributed by atoms with Crippen LogP contribution in [0.25, 0.3) is 0 Å². The van der Waals surface area contributed by atoms with Crippen molar-refractivity contribution in [3.63, 3.8) is 0 Å². The highest BCUT2D eigenvalue weighted by Crippen LogP contribution is 2.29. The molecule has 8 heteroatoms. The summed E-state index contributed by atoms with van der Waals surface area (Å²) in [6.45, 7) is -0.321. The maximum Gasteiger partial charge on any atom is 0.338 e. The highest BCUT2D eigenvalue weighted by molar-refractivity contribution is 5.91. The predicted molar refractivity (Wildman–Crippen MR) is 122 cm³/mol. The van der Waals surface area contributed by atoms with Gasteiger partial charge in [0.25, 0.3) is 0 Å². The number of benzene rings is 3. The van der Waals surface area contributed by atoms with Crippen LogP contribution in [0.1, 0.15) is 31.1 Å². The second kappa shape index (κ2) is 11.1. The zero-order chi connectivity index (χ0) is 24.6. The van der Waals surface area contributed by atoms with Crippen LogP contribution in [0.5, 0.6) is 0 Å². The van der Waals surface area contributed by atoms with Crippen molar-refractivity contribution >= 4 is 17.9 Å². The van der Waals surface area contributed by atoms with E-state index in [1.165, 1.54) is 0 Å². The van der Waals surface area contributed by atoms with Crippen molar-refractivity contribution in [2.75, 3.05) is 6.61 Å². The third-order valence-electron chi connectivity index (χ3n) is 5.33. The number of nitrogens with zero attached hydrogens (tertiary/aromatic N) is 1. The zero-order valence-electron chi connectivity index (χ0n) is 18.5. The molecule has 0 radical (unpaired) electrons. The van der Waals surface area contributed by atoms with E-state index in [1.807, 2.05) is 6.07 Å². The Morgan fingerprint density at radius 1 is 0.686 bits per heavy atom. The Kier molecular flexibility index (Phi) is 7.50. The Balaban J connectivity index is 1.55. The minimum atomic E-state index is -1.24. The first kappa shape index (κ1) is 23.7. The van der Waals surface area contributed by atoms with Crippen molar-refractivity contribution in [1.29, 1.82) is 5.26 Å². The fraction of sp³-hybridized carbons (Fsp3) is 0.185. The number of esters is 3. The lowest BCUT2D eigenvalue weighted by molar-refractivity contribution is -0.0437. The van der Waals surface area contributed by atoms with Crippen LogP contribution in [0.2, 0.25) is 0 Å². The summed E-state index contributed by atoms with van der Waals surface area (Å²) in [5.74, 6) is -2.01. The molecule has 0 saturated carbocycles. The number of carbonyl (C=O) groups excluding carboxylic acids is 3. The summed E-state index contributed by atoms with van der Waals surface area (Å²) in [5, 5.41) is 9.65. The Morgan fingerprint density at radius 2 is 1.11 bits per heavy atom. The molecule has 0 aliphatic carbocycles. The minimum Gasteiger partial charge on any atom is -0.459 e. The maximum absolute atomic E-state index is 12.8. The maximum atomic E-state index is 12.8. The summed E-state index contributed by atoms with van der Waals surface area (Å²) in [4.78, 5) is 37.9. The molecule has 1 aliphatic heterocycles. The minimum absolute atomic E-state index is 0.260. The van der Waals surface area contributed by atoms with Gasteiger partial charge in [-0.05, 0) is 36.4 Å². The summed E-state index contributed by atoms with van der Waals surface area (Å²) in [7, 11) is 0. The van der Waals surface area contributed by atoms with Crippen LogP contribution in [-0.2, 0) is 18.9 Å². The second-order valence-electron chi connectivity index (χ2n) is 7.66. The molecule has 4 rings (SSSR count). The first-order chi connectivity index (χ1) is 17.1. The quantitative estimate of drug-likeness (QED) is 0.380. The lowest BCUT2D eigenvalue weighted by Gasteiger charge is -2.23. The van der Waals surface area contributed by atoms with Crippen molar-refractivity contribution in [3.8, 4) is 6.07 Å². The SMILES string of the molecule is N#C[C@@H]1O[C@H](COC(=O)c2ccccc2)C(OC(=O)c2ccccc2)[C@H]1OC(=O)c1ccccc1. The van der Waals surface area contributed by atoms with Gasteiger partial charge in [0.1, 0.15) is 12.7 Å². The fourth-order valence-corrected chi connectivity index (χ4v) is 3.58. The standard InChI is InChI=1S/C27H21NO7/c28-16-21-23(34-26(30)19-12-6-2-7-13-19)24(35-27(31)20-14-8-3-9-15-20)22(33-21)17-32-25(29)18-10-4-1-5-11-18/h1-15,21-24H,17H2/t21-,22+,23-,24?/m0/s1. The average molecular weight is 471 g/mol. The number of nitriles is 1. The van der Waals surface area contributed by atoms with Gasteiger partial charge >= 0.3 is 17.9 Å². The molecule has 3 aromatic rings. The van der Waals surface area contributed by atoms with E-state index < -0.39 is 42.3 Å². The molecule has 1 aliphatic rings. The van der Waals surface area contributed by atoms with Gasteiger partial charge in [-0.1, -0.05) is 54.6 Å². The molecule has 35 heavy (non-hydrogen) atoms. The summed E-state index contributed by atoms with van der Waals surface area (Å²) in [5.41, 5.74) is 0.851. The highest BCUT2D eigenvalue weighted by Gasteiger charge is 2.50. The molecule has 1 saturated heterocycles. The molecule has 0 N–H and O–H groups in total. The van der Waals surface area contributed by atoms with E-state index in [0.29, 0.717) is 5.56 Å². The van der Waals surface area contributed by atoms with Crippen LogP contribution in [0.15, 0.2) is 91.0 Å². The summed E-state index contributed by atoms with van der Waals surface area (Å²) < 4.78 is 22.3. The number of hydrogen-bond acceptors (Lipinski definition) is 8. The van der Waals surface area contributed by atoms with Crippen LogP contribution in [0, 0.1) is 11.3 Å². The van der Waals surface area contributed by atoms with Crippen LogP contribution in [-0.4, -0.2) is 48.9 Å². The molecule has 3 aromatic carbocycles. The van der Waals surface area contributed by atoms with Gasteiger partial charge in [0.15, 0.2) is 18.3 Å². The molecule has 4 atom stereocenters. The molecule has 0 spiro atoms. The monoisotopic (exact) mass is 471 g/mol. The van der Waals surface area contributed by atoms with Gasteiger partial charge in [-0.3, -0.25) is 0 Å². The van der Waals surface area contributed by atoms with Gasteiger partial charge in [-0.2, -0.15) is 5.26 Å². The van der Waals surface area contributed by atoms with Gasteiger partial charge in [0.2, 0.25) is 0 Å².